The van der Waals surface area contributed by atoms with Gasteiger partial charge in [0.05, 0.1) is 6.54 Å². The molecule has 0 radical (unpaired) electrons. The molecule has 4 rings (SSSR count). The largest absolute Gasteiger partial charge is 0.326 e. The number of aryl methyl sites for hydroxylation is 1. The molecule has 0 bridgehead atoms. The Hall–Kier alpha value is -3.10. The first kappa shape index (κ1) is 21.1. The van der Waals surface area contributed by atoms with Crippen LogP contribution >= 0.6 is 0 Å². The summed E-state index contributed by atoms with van der Waals surface area (Å²) in [4.78, 5) is 18.6. The number of carbonyl (C=O) groups excluding carboxylic acids is 1. The van der Waals surface area contributed by atoms with Crippen molar-refractivity contribution in [2.75, 3.05) is 38.5 Å². The number of piperazine rings is 1. The van der Waals surface area contributed by atoms with Gasteiger partial charge in [-0.25, -0.2) is 0 Å². The van der Waals surface area contributed by atoms with Crippen molar-refractivity contribution in [3.05, 3.63) is 60.2 Å². The van der Waals surface area contributed by atoms with Crippen molar-refractivity contribution >= 4 is 11.6 Å². The standard InChI is InChI=1S/C23H29N7O/c1-28-14-16-29(17-15-28)18-19-9-11-21(12-10-19)24-22(31)8-5-13-30-26-23(25-27-30)20-6-3-2-4-7-20/h2-4,6-7,9-12H,5,8,13-18H2,1H3,(H,24,31). The van der Waals surface area contributed by atoms with Crippen LogP contribution in [-0.2, 0) is 17.9 Å². The number of hydrogen-bond acceptors (Lipinski definition) is 6. The number of benzene rings is 2. The maximum atomic E-state index is 12.3. The highest BCUT2D eigenvalue weighted by molar-refractivity contribution is 5.90. The molecule has 8 nitrogen and oxygen atoms in total. The lowest BCUT2D eigenvalue weighted by molar-refractivity contribution is -0.116. The van der Waals surface area contributed by atoms with Crippen molar-refractivity contribution in [2.45, 2.75) is 25.9 Å². The van der Waals surface area contributed by atoms with Gasteiger partial charge in [0.2, 0.25) is 11.7 Å². The average molecular weight is 420 g/mol. The zero-order chi connectivity index (χ0) is 21.5. The number of hydrogen-bond donors (Lipinski definition) is 1. The van der Waals surface area contributed by atoms with E-state index in [0.29, 0.717) is 25.2 Å². The highest BCUT2D eigenvalue weighted by Crippen LogP contribution is 2.14. The molecule has 8 heteroatoms. The summed E-state index contributed by atoms with van der Waals surface area (Å²) < 4.78 is 0. The van der Waals surface area contributed by atoms with E-state index in [1.54, 1.807) is 4.80 Å². The molecule has 162 valence electrons. The molecule has 1 N–H and O–H groups in total. The van der Waals surface area contributed by atoms with Crippen LogP contribution in [-0.4, -0.2) is 69.1 Å². The van der Waals surface area contributed by atoms with Crippen LogP contribution in [0, 0.1) is 0 Å². The monoisotopic (exact) mass is 419 g/mol. The SMILES string of the molecule is CN1CCN(Cc2ccc(NC(=O)CCCn3nnc(-c4ccccc4)n3)cc2)CC1. The molecule has 1 fully saturated rings. The first-order valence-corrected chi connectivity index (χ1v) is 10.8. The predicted octanol–water partition coefficient (Wildman–Crippen LogP) is 2.51. The summed E-state index contributed by atoms with van der Waals surface area (Å²) in [6.07, 6.45) is 1.06. The van der Waals surface area contributed by atoms with Crippen molar-refractivity contribution < 1.29 is 4.79 Å². The van der Waals surface area contributed by atoms with Crippen LogP contribution in [0.3, 0.4) is 0 Å². The Kier molecular flexibility index (Phi) is 7.01. The Labute approximate surface area is 182 Å². The van der Waals surface area contributed by atoms with Gasteiger partial charge in [0, 0.05) is 50.4 Å². The molecule has 31 heavy (non-hydrogen) atoms. The summed E-state index contributed by atoms with van der Waals surface area (Å²) in [6.45, 7) is 5.94. The van der Waals surface area contributed by atoms with Gasteiger partial charge in [0.15, 0.2) is 0 Å². The Morgan fingerprint density at radius 1 is 1.00 bits per heavy atom. The lowest BCUT2D eigenvalue weighted by Crippen LogP contribution is -2.43. The molecule has 0 aliphatic carbocycles. The fraction of sp³-hybridized carbons (Fsp3) is 0.391. The van der Waals surface area contributed by atoms with Crippen LogP contribution in [0.5, 0.6) is 0 Å². The van der Waals surface area contributed by atoms with Gasteiger partial charge in [-0.15, -0.1) is 10.2 Å². The Morgan fingerprint density at radius 3 is 2.48 bits per heavy atom. The number of carbonyl (C=O) groups is 1. The lowest BCUT2D eigenvalue weighted by atomic mass is 10.1. The van der Waals surface area contributed by atoms with E-state index in [1.807, 2.05) is 42.5 Å². The number of tetrazole rings is 1. The normalized spacial score (nSPS) is 15.1. The topological polar surface area (TPSA) is 79.2 Å². The van der Waals surface area contributed by atoms with Crippen LogP contribution in [0.25, 0.3) is 11.4 Å². The molecule has 0 saturated carbocycles. The molecule has 1 aliphatic rings. The highest BCUT2D eigenvalue weighted by atomic mass is 16.1. The highest BCUT2D eigenvalue weighted by Gasteiger charge is 2.14. The minimum absolute atomic E-state index is 0.00443. The quantitative estimate of drug-likeness (QED) is 0.604. The second-order valence-electron chi connectivity index (χ2n) is 8.00. The van der Waals surface area contributed by atoms with Crippen molar-refractivity contribution in [3.8, 4) is 11.4 Å². The van der Waals surface area contributed by atoms with E-state index in [0.717, 1.165) is 44.0 Å². The van der Waals surface area contributed by atoms with E-state index in [4.69, 9.17) is 0 Å². The zero-order valence-electron chi connectivity index (χ0n) is 17.9. The van der Waals surface area contributed by atoms with Crippen molar-refractivity contribution in [3.63, 3.8) is 0 Å². The van der Waals surface area contributed by atoms with Crippen LogP contribution < -0.4 is 5.32 Å². The summed E-state index contributed by atoms with van der Waals surface area (Å²) in [6, 6.07) is 17.9. The molecule has 0 spiro atoms. The molecule has 0 atom stereocenters. The second kappa shape index (κ2) is 10.3. The number of likely N-dealkylation sites (N-methyl/N-ethyl adjacent to an activating group) is 1. The van der Waals surface area contributed by atoms with Crippen molar-refractivity contribution in [1.82, 2.24) is 30.0 Å². The number of aromatic nitrogens is 4. The van der Waals surface area contributed by atoms with Crippen LogP contribution in [0.15, 0.2) is 54.6 Å². The van der Waals surface area contributed by atoms with E-state index in [1.165, 1.54) is 5.56 Å². The molecule has 1 saturated heterocycles. The average Bonchev–Trinajstić information content (AvgIpc) is 3.26. The lowest BCUT2D eigenvalue weighted by Gasteiger charge is -2.32. The number of nitrogens with one attached hydrogen (secondary N) is 1. The molecule has 2 heterocycles. The zero-order valence-corrected chi connectivity index (χ0v) is 17.9. The minimum atomic E-state index is -0.00443. The fourth-order valence-corrected chi connectivity index (χ4v) is 3.60. The van der Waals surface area contributed by atoms with E-state index in [-0.39, 0.29) is 5.91 Å². The van der Waals surface area contributed by atoms with Crippen molar-refractivity contribution in [2.24, 2.45) is 0 Å². The number of amides is 1. The minimum Gasteiger partial charge on any atom is -0.326 e. The van der Waals surface area contributed by atoms with Gasteiger partial charge in [-0.05, 0) is 36.4 Å². The molecular weight excluding hydrogens is 390 g/mol. The summed E-state index contributed by atoms with van der Waals surface area (Å²) >= 11 is 0. The van der Waals surface area contributed by atoms with Gasteiger partial charge >= 0.3 is 0 Å². The molecule has 1 amide bonds. The van der Waals surface area contributed by atoms with E-state index < -0.39 is 0 Å². The summed E-state index contributed by atoms with van der Waals surface area (Å²) in [5.74, 6) is 0.594. The third-order valence-electron chi connectivity index (χ3n) is 5.49. The van der Waals surface area contributed by atoms with Gasteiger partial charge < -0.3 is 10.2 Å². The number of rotatable bonds is 8. The molecule has 1 aromatic heterocycles. The fourth-order valence-electron chi connectivity index (χ4n) is 3.60. The van der Waals surface area contributed by atoms with Gasteiger partial charge in [0.1, 0.15) is 0 Å². The Morgan fingerprint density at radius 2 is 1.74 bits per heavy atom. The van der Waals surface area contributed by atoms with E-state index >= 15 is 0 Å². The number of anilines is 1. The molecular formula is C23H29N7O. The van der Waals surface area contributed by atoms with Gasteiger partial charge in [0.25, 0.3) is 0 Å². The Bertz CT molecular complexity index is 963. The van der Waals surface area contributed by atoms with Gasteiger partial charge in [-0.2, -0.15) is 4.80 Å². The smallest absolute Gasteiger partial charge is 0.224 e. The summed E-state index contributed by atoms with van der Waals surface area (Å²) in [5, 5.41) is 15.5. The first-order chi connectivity index (χ1) is 15.2. The van der Waals surface area contributed by atoms with E-state index in [9.17, 15) is 4.79 Å². The summed E-state index contributed by atoms with van der Waals surface area (Å²) in [7, 11) is 2.17. The maximum Gasteiger partial charge on any atom is 0.224 e. The third-order valence-corrected chi connectivity index (χ3v) is 5.49. The molecule has 2 aromatic carbocycles. The van der Waals surface area contributed by atoms with Crippen LogP contribution in [0.4, 0.5) is 5.69 Å². The van der Waals surface area contributed by atoms with Crippen molar-refractivity contribution in [1.29, 1.82) is 0 Å². The van der Waals surface area contributed by atoms with E-state index in [2.05, 4.69) is 49.7 Å². The molecule has 1 aliphatic heterocycles. The van der Waals surface area contributed by atoms with Crippen LogP contribution in [0.2, 0.25) is 0 Å². The molecule has 0 unspecified atom stereocenters. The molecule has 3 aromatic rings. The second-order valence-corrected chi connectivity index (χ2v) is 8.00. The predicted molar refractivity (Wildman–Crippen MR) is 120 cm³/mol. The van der Waals surface area contributed by atoms with Gasteiger partial charge in [-0.3, -0.25) is 9.69 Å². The third kappa shape index (κ3) is 6.19. The first-order valence-electron chi connectivity index (χ1n) is 10.8. The Balaban J connectivity index is 1.19. The number of nitrogens with zero attached hydrogens (tertiary/aromatic N) is 6. The van der Waals surface area contributed by atoms with Gasteiger partial charge in [-0.1, -0.05) is 42.5 Å². The van der Waals surface area contributed by atoms with Crippen LogP contribution in [0.1, 0.15) is 18.4 Å². The maximum absolute atomic E-state index is 12.3. The summed E-state index contributed by atoms with van der Waals surface area (Å²) in [5.41, 5.74) is 3.04.